The van der Waals surface area contributed by atoms with Gasteiger partial charge in [-0.2, -0.15) is 0 Å². The fourth-order valence-electron chi connectivity index (χ4n) is 3.05. The largest absolute Gasteiger partial charge is 0.497 e. The van der Waals surface area contributed by atoms with Gasteiger partial charge in [-0.25, -0.2) is 0 Å². The van der Waals surface area contributed by atoms with Crippen molar-refractivity contribution in [3.05, 3.63) is 29.8 Å². The number of hydrogen-bond donors (Lipinski definition) is 1. The molecule has 1 amide bonds. The summed E-state index contributed by atoms with van der Waals surface area (Å²) in [5, 5.41) is 0. The first-order valence-corrected chi connectivity index (χ1v) is 7.23. The first-order chi connectivity index (χ1) is 9.65. The number of ether oxygens (including phenoxy) is 1. The van der Waals surface area contributed by atoms with Gasteiger partial charge in [0.25, 0.3) is 0 Å². The maximum atomic E-state index is 12.5. The van der Waals surface area contributed by atoms with E-state index in [1.54, 1.807) is 7.11 Å². The summed E-state index contributed by atoms with van der Waals surface area (Å²) in [4.78, 5) is 14.3. The number of nitrogens with two attached hydrogens (primary N) is 1. The maximum absolute atomic E-state index is 12.5. The molecular weight excluding hydrogens is 252 g/mol. The molecule has 2 atom stereocenters. The second-order valence-electron chi connectivity index (χ2n) is 5.58. The predicted molar refractivity (Wildman–Crippen MR) is 79.4 cm³/mol. The standard InChI is InChI=1S/C16H24N2O2/c1-18(11-12-5-3-7-14(9-12)20-2)16(19)15-8-4-6-13(15)10-17/h3,5,7,9,13,15H,4,6,8,10-11,17H2,1-2H3/t13-,15-/m1/s1. The topological polar surface area (TPSA) is 55.6 Å². The molecule has 0 aliphatic heterocycles. The maximum Gasteiger partial charge on any atom is 0.226 e. The molecule has 0 heterocycles. The molecule has 0 radical (unpaired) electrons. The summed E-state index contributed by atoms with van der Waals surface area (Å²) in [7, 11) is 3.52. The fraction of sp³-hybridized carbons (Fsp3) is 0.562. The van der Waals surface area contributed by atoms with Crippen LogP contribution in [0.25, 0.3) is 0 Å². The minimum absolute atomic E-state index is 0.107. The van der Waals surface area contributed by atoms with E-state index in [4.69, 9.17) is 10.5 Å². The molecule has 0 saturated heterocycles. The second-order valence-corrected chi connectivity index (χ2v) is 5.58. The number of benzene rings is 1. The van der Waals surface area contributed by atoms with Crippen molar-refractivity contribution in [3.8, 4) is 5.75 Å². The van der Waals surface area contributed by atoms with Crippen molar-refractivity contribution in [1.29, 1.82) is 0 Å². The lowest BCUT2D eigenvalue weighted by Gasteiger charge is -2.24. The van der Waals surface area contributed by atoms with Gasteiger partial charge in [-0.15, -0.1) is 0 Å². The molecule has 4 heteroatoms. The first kappa shape index (κ1) is 14.9. The molecule has 2 N–H and O–H groups in total. The zero-order valence-electron chi connectivity index (χ0n) is 12.3. The predicted octanol–water partition coefficient (Wildman–Crippen LogP) is 2.03. The highest BCUT2D eigenvalue weighted by Crippen LogP contribution is 2.32. The summed E-state index contributed by atoms with van der Waals surface area (Å²) in [6, 6.07) is 7.84. The number of methoxy groups -OCH3 is 1. The van der Waals surface area contributed by atoms with Crippen molar-refractivity contribution < 1.29 is 9.53 Å². The Morgan fingerprint density at radius 2 is 2.25 bits per heavy atom. The number of nitrogens with zero attached hydrogens (tertiary/aromatic N) is 1. The zero-order chi connectivity index (χ0) is 14.5. The highest BCUT2D eigenvalue weighted by molar-refractivity contribution is 5.79. The van der Waals surface area contributed by atoms with Gasteiger partial charge in [0.15, 0.2) is 0 Å². The fourth-order valence-corrected chi connectivity index (χ4v) is 3.05. The van der Waals surface area contributed by atoms with Crippen LogP contribution in [0.1, 0.15) is 24.8 Å². The van der Waals surface area contributed by atoms with E-state index in [2.05, 4.69) is 0 Å². The number of amides is 1. The lowest BCUT2D eigenvalue weighted by molar-refractivity contribution is -0.135. The van der Waals surface area contributed by atoms with Gasteiger partial charge in [0, 0.05) is 19.5 Å². The van der Waals surface area contributed by atoms with Crippen LogP contribution in [0.5, 0.6) is 5.75 Å². The molecule has 1 aliphatic rings. The van der Waals surface area contributed by atoms with Crippen molar-refractivity contribution in [3.63, 3.8) is 0 Å². The van der Waals surface area contributed by atoms with E-state index >= 15 is 0 Å². The smallest absolute Gasteiger partial charge is 0.226 e. The summed E-state index contributed by atoms with van der Waals surface area (Å²) in [6.45, 7) is 1.23. The van der Waals surface area contributed by atoms with Crippen LogP contribution in [0, 0.1) is 11.8 Å². The van der Waals surface area contributed by atoms with E-state index in [1.165, 1.54) is 0 Å². The quantitative estimate of drug-likeness (QED) is 0.895. The Labute approximate surface area is 120 Å². The van der Waals surface area contributed by atoms with Gasteiger partial charge in [0.05, 0.1) is 7.11 Å². The third-order valence-corrected chi connectivity index (χ3v) is 4.21. The Morgan fingerprint density at radius 3 is 2.95 bits per heavy atom. The molecule has 1 aliphatic carbocycles. The molecule has 0 bridgehead atoms. The van der Waals surface area contributed by atoms with Gasteiger partial charge < -0.3 is 15.4 Å². The van der Waals surface area contributed by atoms with E-state index in [-0.39, 0.29) is 11.8 Å². The highest BCUT2D eigenvalue weighted by atomic mass is 16.5. The van der Waals surface area contributed by atoms with Crippen molar-refractivity contribution in [2.24, 2.45) is 17.6 Å². The Balaban J connectivity index is 2.00. The molecule has 1 aromatic carbocycles. The highest BCUT2D eigenvalue weighted by Gasteiger charge is 2.33. The minimum atomic E-state index is 0.107. The Hall–Kier alpha value is -1.55. The molecule has 20 heavy (non-hydrogen) atoms. The van der Waals surface area contributed by atoms with Gasteiger partial charge in [-0.3, -0.25) is 4.79 Å². The Bertz CT molecular complexity index is 462. The van der Waals surface area contributed by atoms with E-state index in [0.29, 0.717) is 19.0 Å². The molecule has 1 aromatic rings. The molecule has 2 rings (SSSR count). The number of carbonyl (C=O) groups excluding carboxylic acids is 1. The van der Waals surface area contributed by atoms with Gasteiger partial charge in [-0.05, 0) is 43.0 Å². The summed E-state index contributed by atoms with van der Waals surface area (Å²) in [5.74, 6) is 1.51. The minimum Gasteiger partial charge on any atom is -0.497 e. The van der Waals surface area contributed by atoms with Gasteiger partial charge in [0.2, 0.25) is 5.91 Å². The van der Waals surface area contributed by atoms with E-state index in [9.17, 15) is 4.79 Å². The summed E-state index contributed by atoms with van der Waals surface area (Å²) in [5.41, 5.74) is 6.85. The molecular formula is C16H24N2O2. The van der Waals surface area contributed by atoms with Crippen molar-refractivity contribution in [1.82, 2.24) is 4.90 Å². The average Bonchev–Trinajstić information content (AvgIpc) is 2.95. The Morgan fingerprint density at radius 1 is 1.45 bits per heavy atom. The van der Waals surface area contributed by atoms with Crippen molar-refractivity contribution >= 4 is 5.91 Å². The molecule has 1 saturated carbocycles. The lowest BCUT2D eigenvalue weighted by Crippen LogP contribution is -2.36. The Kier molecular flexibility index (Phi) is 5.01. The van der Waals surface area contributed by atoms with Crippen LogP contribution < -0.4 is 10.5 Å². The molecule has 1 fully saturated rings. The number of carbonyl (C=O) groups is 1. The monoisotopic (exact) mass is 276 g/mol. The zero-order valence-corrected chi connectivity index (χ0v) is 12.3. The third kappa shape index (κ3) is 3.31. The van der Waals surface area contributed by atoms with Crippen LogP contribution >= 0.6 is 0 Å². The lowest BCUT2D eigenvalue weighted by atomic mass is 9.95. The molecule has 0 aromatic heterocycles. The summed E-state index contributed by atoms with van der Waals surface area (Å²) in [6.07, 6.45) is 3.17. The van der Waals surface area contributed by atoms with Crippen molar-refractivity contribution in [2.45, 2.75) is 25.8 Å². The molecule has 0 unspecified atom stereocenters. The van der Waals surface area contributed by atoms with Crippen LogP contribution in [0.3, 0.4) is 0 Å². The van der Waals surface area contributed by atoms with Crippen LogP contribution in [-0.4, -0.2) is 31.5 Å². The molecule has 110 valence electrons. The SMILES string of the molecule is COc1cccc(CN(C)C(=O)[C@@H]2CCC[C@@H]2CN)c1. The van der Waals surface area contributed by atoms with Crippen LogP contribution in [0.15, 0.2) is 24.3 Å². The normalized spacial score (nSPS) is 21.8. The number of hydrogen-bond acceptors (Lipinski definition) is 3. The molecule has 4 nitrogen and oxygen atoms in total. The van der Waals surface area contributed by atoms with Crippen LogP contribution in [0.4, 0.5) is 0 Å². The van der Waals surface area contributed by atoms with E-state index in [0.717, 1.165) is 30.6 Å². The summed E-state index contributed by atoms with van der Waals surface area (Å²) < 4.78 is 5.21. The number of rotatable bonds is 5. The summed E-state index contributed by atoms with van der Waals surface area (Å²) >= 11 is 0. The first-order valence-electron chi connectivity index (χ1n) is 7.23. The average molecular weight is 276 g/mol. The van der Waals surface area contributed by atoms with Gasteiger partial charge >= 0.3 is 0 Å². The van der Waals surface area contributed by atoms with Gasteiger partial charge in [0.1, 0.15) is 5.75 Å². The van der Waals surface area contributed by atoms with Crippen molar-refractivity contribution in [2.75, 3.05) is 20.7 Å². The second kappa shape index (κ2) is 6.75. The van der Waals surface area contributed by atoms with E-state index in [1.807, 2.05) is 36.2 Å². The third-order valence-electron chi connectivity index (χ3n) is 4.21. The van der Waals surface area contributed by atoms with Crippen LogP contribution in [0.2, 0.25) is 0 Å². The van der Waals surface area contributed by atoms with E-state index < -0.39 is 0 Å². The molecule has 0 spiro atoms. The van der Waals surface area contributed by atoms with Gasteiger partial charge in [-0.1, -0.05) is 18.6 Å². The van der Waals surface area contributed by atoms with Crippen LogP contribution in [-0.2, 0) is 11.3 Å².